The summed E-state index contributed by atoms with van der Waals surface area (Å²) in [5, 5.41) is 29.0. The van der Waals surface area contributed by atoms with Crippen molar-refractivity contribution in [2.75, 3.05) is 39.3 Å². The van der Waals surface area contributed by atoms with Gasteiger partial charge in [-0.25, -0.2) is 14.4 Å². The van der Waals surface area contributed by atoms with E-state index in [4.69, 9.17) is 0 Å². The SMILES string of the molecule is O=C(O)c1ccccc1CN1CCN(Cc2ccccc2C(=O)O)CCN(Cc2ccccc2C(=O)O)CC1. The molecule has 0 saturated carbocycles. The van der Waals surface area contributed by atoms with E-state index in [-0.39, 0.29) is 16.7 Å². The van der Waals surface area contributed by atoms with Crippen LogP contribution in [-0.4, -0.2) is 87.2 Å². The van der Waals surface area contributed by atoms with E-state index in [9.17, 15) is 29.7 Å². The van der Waals surface area contributed by atoms with Gasteiger partial charge in [0, 0.05) is 58.9 Å². The van der Waals surface area contributed by atoms with Crippen LogP contribution in [0.4, 0.5) is 0 Å². The van der Waals surface area contributed by atoms with Crippen molar-refractivity contribution in [3.63, 3.8) is 0 Å². The summed E-state index contributed by atoms with van der Waals surface area (Å²) < 4.78 is 0. The summed E-state index contributed by atoms with van der Waals surface area (Å²) in [6.07, 6.45) is 0. The van der Waals surface area contributed by atoms with Gasteiger partial charge in [0.1, 0.15) is 0 Å². The number of hydrogen-bond acceptors (Lipinski definition) is 6. The lowest BCUT2D eigenvalue weighted by atomic mass is 10.1. The lowest BCUT2D eigenvalue weighted by Gasteiger charge is -2.26. The van der Waals surface area contributed by atoms with E-state index in [1.165, 1.54) is 0 Å². The van der Waals surface area contributed by atoms with Crippen LogP contribution in [0.3, 0.4) is 0 Å². The van der Waals surface area contributed by atoms with Gasteiger partial charge in [0.2, 0.25) is 0 Å². The molecule has 3 aromatic rings. The largest absolute Gasteiger partial charge is 0.478 e. The van der Waals surface area contributed by atoms with Gasteiger partial charge in [0.25, 0.3) is 0 Å². The Bertz CT molecular complexity index is 1150. The maximum absolute atomic E-state index is 11.8. The maximum Gasteiger partial charge on any atom is 0.336 e. The van der Waals surface area contributed by atoms with Crippen molar-refractivity contribution in [1.82, 2.24) is 14.7 Å². The molecule has 1 aliphatic heterocycles. The van der Waals surface area contributed by atoms with Crippen molar-refractivity contribution in [1.29, 1.82) is 0 Å². The molecule has 0 spiro atoms. The predicted octanol–water partition coefficient (Wildman–Crippen LogP) is 3.60. The van der Waals surface area contributed by atoms with Crippen LogP contribution in [0.5, 0.6) is 0 Å². The van der Waals surface area contributed by atoms with Gasteiger partial charge in [0.05, 0.1) is 16.7 Å². The minimum atomic E-state index is -0.964. The Balaban J connectivity index is 1.58. The lowest BCUT2D eigenvalue weighted by Crippen LogP contribution is -2.36. The van der Waals surface area contributed by atoms with Crippen molar-refractivity contribution in [2.45, 2.75) is 19.6 Å². The third-order valence-electron chi connectivity index (χ3n) is 7.12. The molecule has 0 bridgehead atoms. The van der Waals surface area contributed by atoms with Gasteiger partial charge >= 0.3 is 17.9 Å². The Kier molecular flexibility index (Phi) is 9.43. The molecule has 1 heterocycles. The highest BCUT2D eigenvalue weighted by atomic mass is 16.4. The van der Waals surface area contributed by atoms with Gasteiger partial charge in [0.15, 0.2) is 0 Å². The number of aromatic carboxylic acids is 3. The highest BCUT2D eigenvalue weighted by molar-refractivity contribution is 5.90. The molecule has 0 radical (unpaired) electrons. The van der Waals surface area contributed by atoms with Crippen LogP contribution in [0.15, 0.2) is 72.8 Å². The molecule has 204 valence electrons. The second-order valence-electron chi connectivity index (χ2n) is 9.72. The molecule has 1 aliphatic rings. The molecule has 1 saturated heterocycles. The Morgan fingerprint density at radius 1 is 0.462 bits per heavy atom. The number of benzene rings is 3. The fourth-order valence-electron chi connectivity index (χ4n) is 4.98. The Labute approximate surface area is 227 Å². The molecule has 9 nitrogen and oxygen atoms in total. The average Bonchev–Trinajstić information content (AvgIpc) is 3.01. The van der Waals surface area contributed by atoms with Crippen LogP contribution in [0.25, 0.3) is 0 Å². The first-order valence-corrected chi connectivity index (χ1v) is 12.9. The third-order valence-corrected chi connectivity index (χ3v) is 7.12. The molecule has 0 unspecified atom stereocenters. The molecule has 3 aromatic carbocycles. The van der Waals surface area contributed by atoms with Crippen LogP contribution in [-0.2, 0) is 19.6 Å². The van der Waals surface area contributed by atoms with Crippen LogP contribution in [0.1, 0.15) is 47.8 Å². The quantitative estimate of drug-likeness (QED) is 0.380. The van der Waals surface area contributed by atoms with Gasteiger partial charge < -0.3 is 15.3 Å². The highest BCUT2D eigenvalue weighted by Crippen LogP contribution is 2.17. The number of nitrogens with zero attached hydrogens (tertiary/aromatic N) is 3. The second-order valence-corrected chi connectivity index (χ2v) is 9.72. The molecule has 9 heteroatoms. The number of rotatable bonds is 9. The highest BCUT2D eigenvalue weighted by Gasteiger charge is 2.21. The third kappa shape index (κ3) is 7.51. The summed E-state index contributed by atoms with van der Waals surface area (Å²) in [6, 6.07) is 21.0. The van der Waals surface area contributed by atoms with Gasteiger partial charge in [-0.3, -0.25) is 14.7 Å². The molecule has 0 aliphatic carbocycles. The van der Waals surface area contributed by atoms with Crippen molar-refractivity contribution in [3.05, 3.63) is 106 Å². The first-order chi connectivity index (χ1) is 18.8. The minimum Gasteiger partial charge on any atom is -0.478 e. The molecule has 0 amide bonds. The summed E-state index contributed by atoms with van der Waals surface area (Å²) in [6.45, 7) is 5.40. The second kappa shape index (κ2) is 13.1. The van der Waals surface area contributed by atoms with E-state index < -0.39 is 17.9 Å². The number of carbonyl (C=O) groups is 3. The molecule has 0 aromatic heterocycles. The number of carboxylic acids is 3. The summed E-state index contributed by atoms with van der Waals surface area (Å²) in [4.78, 5) is 42.0. The fourth-order valence-corrected chi connectivity index (χ4v) is 4.98. The predicted molar refractivity (Wildman–Crippen MR) is 146 cm³/mol. The number of carboxylic acid groups (broad SMARTS) is 3. The number of hydrogen-bond donors (Lipinski definition) is 3. The van der Waals surface area contributed by atoms with Crippen LogP contribution in [0.2, 0.25) is 0 Å². The van der Waals surface area contributed by atoms with Gasteiger partial charge in [-0.15, -0.1) is 0 Å². The van der Waals surface area contributed by atoms with E-state index >= 15 is 0 Å². The molecular formula is C30H33N3O6. The zero-order valence-electron chi connectivity index (χ0n) is 21.7. The first kappa shape index (κ1) is 28.0. The van der Waals surface area contributed by atoms with E-state index in [2.05, 4.69) is 14.7 Å². The minimum absolute atomic E-state index is 0.275. The van der Waals surface area contributed by atoms with E-state index in [0.29, 0.717) is 58.9 Å². The summed E-state index contributed by atoms with van der Waals surface area (Å²) >= 11 is 0. The van der Waals surface area contributed by atoms with Gasteiger partial charge in [-0.05, 0) is 34.9 Å². The monoisotopic (exact) mass is 531 g/mol. The van der Waals surface area contributed by atoms with E-state index in [1.54, 1.807) is 36.4 Å². The maximum atomic E-state index is 11.8. The normalized spacial score (nSPS) is 15.7. The summed E-state index contributed by atoms with van der Waals surface area (Å²) in [5.74, 6) is -2.89. The van der Waals surface area contributed by atoms with Crippen molar-refractivity contribution in [3.8, 4) is 0 Å². The van der Waals surface area contributed by atoms with Gasteiger partial charge in [-0.2, -0.15) is 0 Å². The summed E-state index contributed by atoms with van der Waals surface area (Å²) in [5.41, 5.74) is 3.02. The zero-order chi connectivity index (χ0) is 27.8. The standard InChI is InChI=1S/C30H33N3O6/c34-28(35)25-10-4-1-7-22(25)19-31-13-15-32(20-23-8-2-5-11-26(23)29(36)37)17-18-33(16-14-31)21-24-9-3-6-12-27(24)30(38)39/h1-12H,13-21H2,(H,34,35)(H,36,37)(H,38,39). The molecule has 39 heavy (non-hydrogen) atoms. The van der Waals surface area contributed by atoms with E-state index in [0.717, 1.165) is 16.7 Å². The average molecular weight is 532 g/mol. The van der Waals surface area contributed by atoms with Crippen molar-refractivity contribution in [2.24, 2.45) is 0 Å². The van der Waals surface area contributed by atoms with Crippen molar-refractivity contribution >= 4 is 17.9 Å². The zero-order valence-corrected chi connectivity index (χ0v) is 21.7. The van der Waals surface area contributed by atoms with Crippen LogP contribution in [0, 0.1) is 0 Å². The van der Waals surface area contributed by atoms with Crippen LogP contribution < -0.4 is 0 Å². The first-order valence-electron chi connectivity index (χ1n) is 12.9. The molecular weight excluding hydrogens is 498 g/mol. The molecule has 4 rings (SSSR count). The summed E-state index contributed by atoms with van der Waals surface area (Å²) in [7, 11) is 0. The molecule has 0 atom stereocenters. The van der Waals surface area contributed by atoms with E-state index in [1.807, 2.05) is 36.4 Å². The van der Waals surface area contributed by atoms with Gasteiger partial charge in [-0.1, -0.05) is 54.6 Å². The fraction of sp³-hybridized carbons (Fsp3) is 0.300. The van der Waals surface area contributed by atoms with Crippen molar-refractivity contribution < 1.29 is 29.7 Å². The lowest BCUT2D eigenvalue weighted by molar-refractivity contribution is 0.0682. The smallest absolute Gasteiger partial charge is 0.336 e. The topological polar surface area (TPSA) is 122 Å². The molecule has 1 fully saturated rings. The van der Waals surface area contributed by atoms with Crippen LogP contribution >= 0.6 is 0 Å². The Morgan fingerprint density at radius 3 is 0.923 bits per heavy atom. The Hall–Kier alpha value is -4.05. The Morgan fingerprint density at radius 2 is 0.692 bits per heavy atom. The molecule has 3 N–H and O–H groups in total.